The first-order valence-corrected chi connectivity index (χ1v) is 6.60. The molecule has 0 amide bonds. The van der Waals surface area contributed by atoms with Crippen molar-refractivity contribution in [1.29, 1.82) is 5.26 Å². The molecule has 21 heavy (non-hydrogen) atoms. The van der Waals surface area contributed by atoms with Gasteiger partial charge in [-0.1, -0.05) is 0 Å². The van der Waals surface area contributed by atoms with E-state index in [9.17, 15) is 4.39 Å². The minimum absolute atomic E-state index is 0.0278. The number of aromatic nitrogens is 2. The van der Waals surface area contributed by atoms with E-state index in [1.165, 1.54) is 12.1 Å². The Balaban J connectivity index is 1.94. The van der Waals surface area contributed by atoms with Crippen molar-refractivity contribution in [2.75, 3.05) is 5.73 Å². The number of nitrogens with zero attached hydrogens (tertiary/aromatic N) is 3. The molecule has 1 heterocycles. The Morgan fingerprint density at radius 3 is 2.76 bits per heavy atom. The lowest BCUT2D eigenvalue weighted by molar-refractivity contribution is 0.450. The predicted octanol–water partition coefficient (Wildman–Crippen LogP) is 3.05. The van der Waals surface area contributed by atoms with Crippen molar-refractivity contribution in [1.82, 2.24) is 9.97 Å². The zero-order valence-electron chi connectivity index (χ0n) is 11.4. The molecule has 0 atom stereocenters. The first-order chi connectivity index (χ1) is 10.1. The van der Waals surface area contributed by atoms with Gasteiger partial charge in [0.25, 0.3) is 0 Å². The Morgan fingerprint density at radius 1 is 1.38 bits per heavy atom. The van der Waals surface area contributed by atoms with Gasteiger partial charge in [-0.2, -0.15) is 10.2 Å². The van der Waals surface area contributed by atoms with E-state index in [0.717, 1.165) is 18.9 Å². The van der Waals surface area contributed by atoms with E-state index in [4.69, 9.17) is 15.7 Å². The van der Waals surface area contributed by atoms with E-state index in [2.05, 4.69) is 9.97 Å². The van der Waals surface area contributed by atoms with Crippen LogP contribution in [0.15, 0.2) is 18.2 Å². The molecule has 0 aliphatic heterocycles. The number of ether oxygens (including phenoxy) is 1. The summed E-state index contributed by atoms with van der Waals surface area (Å²) >= 11 is 0. The first kappa shape index (κ1) is 13.3. The fourth-order valence-electron chi connectivity index (χ4n) is 1.91. The molecule has 1 aromatic carbocycles. The van der Waals surface area contributed by atoms with Gasteiger partial charge in [0.15, 0.2) is 0 Å². The van der Waals surface area contributed by atoms with Crippen LogP contribution in [0.2, 0.25) is 0 Å². The van der Waals surface area contributed by atoms with E-state index in [-0.39, 0.29) is 11.3 Å². The summed E-state index contributed by atoms with van der Waals surface area (Å²) in [4.78, 5) is 8.61. The number of nitrogens with two attached hydrogens (primary N) is 1. The lowest BCUT2D eigenvalue weighted by Crippen LogP contribution is -2.04. The van der Waals surface area contributed by atoms with Crippen LogP contribution in [0.1, 0.15) is 35.7 Å². The molecule has 2 aromatic rings. The number of anilines is 1. The Kier molecular flexibility index (Phi) is 3.18. The molecule has 5 nitrogen and oxygen atoms in total. The van der Waals surface area contributed by atoms with Crippen molar-refractivity contribution < 1.29 is 9.13 Å². The molecule has 106 valence electrons. The van der Waals surface area contributed by atoms with E-state index in [0.29, 0.717) is 29.0 Å². The van der Waals surface area contributed by atoms with Gasteiger partial charge in [-0.15, -0.1) is 0 Å². The predicted molar refractivity (Wildman–Crippen MR) is 74.3 cm³/mol. The van der Waals surface area contributed by atoms with Crippen LogP contribution in [-0.4, -0.2) is 9.97 Å². The molecule has 0 unspecified atom stereocenters. The molecule has 6 heteroatoms. The normalized spacial score (nSPS) is 13.8. The van der Waals surface area contributed by atoms with Gasteiger partial charge in [-0.25, -0.2) is 9.37 Å². The number of benzene rings is 1. The Labute approximate surface area is 121 Å². The molecule has 0 bridgehead atoms. The summed E-state index contributed by atoms with van der Waals surface area (Å²) in [5, 5.41) is 8.72. The second-order valence-electron chi connectivity index (χ2n) is 5.03. The van der Waals surface area contributed by atoms with E-state index >= 15 is 0 Å². The van der Waals surface area contributed by atoms with Crippen molar-refractivity contribution in [2.24, 2.45) is 0 Å². The van der Waals surface area contributed by atoms with Crippen molar-refractivity contribution >= 4 is 5.82 Å². The molecule has 3 rings (SSSR count). The molecule has 1 saturated carbocycles. The van der Waals surface area contributed by atoms with Crippen LogP contribution in [0.3, 0.4) is 0 Å². The van der Waals surface area contributed by atoms with E-state index < -0.39 is 5.82 Å². The van der Waals surface area contributed by atoms with Gasteiger partial charge < -0.3 is 10.5 Å². The minimum Gasteiger partial charge on any atom is -0.438 e. The molecule has 1 aromatic heterocycles. The van der Waals surface area contributed by atoms with Crippen molar-refractivity contribution in [3.8, 4) is 17.7 Å². The van der Waals surface area contributed by atoms with Crippen LogP contribution in [0, 0.1) is 24.1 Å². The van der Waals surface area contributed by atoms with Gasteiger partial charge in [-0.05, 0) is 31.9 Å². The van der Waals surface area contributed by atoms with E-state index in [1.807, 2.05) is 0 Å². The van der Waals surface area contributed by atoms with Gasteiger partial charge >= 0.3 is 0 Å². The Hall–Kier alpha value is -2.68. The van der Waals surface area contributed by atoms with Crippen LogP contribution < -0.4 is 10.5 Å². The Morgan fingerprint density at radius 2 is 2.14 bits per heavy atom. The number of nitrogen functional groups attached to an aromatic ring is 1. The quantitative estimate of drug-likeness (QED) is 0.936. The number of hydrogen-bond acceptors (Lipinski definition) is 5. The maximum absolute atomic E-state index is 13.6. The maximum atomic E-state index is 13.6. The molecule has 1 aliphatic carbocycles. The highest BCUT2D eigenvalue weighted by atomic mass is 19.1. The van der Waals surface area contributed by atoms with Crippen LogP contribution >= 0.6 is 0 Å². The summed E-state index contributed by atoms with van der Waals surface area (Å²) < 4.78 is 19.2. The molecule has 1 fully saturated rings. The molecule has 0 radical (unpaired) electrons. The second-order valence-corrected chi connectivity index (χ2v) is 5.03. The van der Waals surface area contributed by atoms with Gasteiger partial charge in [0.05, 0.1) is 11.1 Å². The molecule has 0 spiro atoms. The molecule has 2 N–H and O–H groups in total. The van der Waals surface area contributed by atoms with Crippen LogP contribution in [0.25, 0.3) is 0 Å². The highest BCUT2D eigenvalue weighted by Crippen LogP contribution is 2.40. The molecule has 0 saturated heterocycles. The summed E-state index contributed by atoms with van der Waals surface area (Å²) in [5.74, 6) is 1.35. The third-order valence-corrected chi connectivity index (χ3v) is 3.37. The number of hydrogen-bond donors (Lipinski definition) is 1. The summed E-state index contributed by atoms with van der Waals surface area (Å²) in [5.41, 5.74) is 6.46. The number of rotatable bonds is 3. The SMILES string of the molecule is Cc1c(N)nc(C2CC2)nc1Oc1ccc(C#N)c(F)c1. The highest BCUT2D eigenvalue weighted by Gasteiger charge is 2.28. The van der Waals surface area contributed by atoms with Gasteiger partial charge in [-0.3, -0.25) is 0 Å². The Bertz CT molecular complexity index is 750. The third-order valence-electron chi connectivity index (χ3n) is 3.37. The van der Waals surface area contributed by atoms with Crippen LogP contribution in [0.4, 0.5) is 10.2 Å². The molecular formula is C15H13FN4O. The van der Waals surface area contributed by atoms with Crippen LogP contribution in [0.5, 0.6) is 11.6 Å². The summed E-state index contributed by atoms with van der Waals surface area (Å²) in [6, 6.07) is 5.81. The lowest BCUT2D eigenvalue weighted by atomic mass is 10.2. The molecule has 1 aliphatic rings. The maximum Gasteiger partial charge on any atom is 0.227 e. The number of nitriles is 1. The first-order valence-electron chi connectivity index (χ1n) is 6.60. The summed E-state index contributed by atoms with van der Waals surface area (Å²) in [6.07, 6.45) is 2.10. The topological polar surface area (TPSA) is 84.8 Å². The van der Waals surface area contributed by atoms with E-state index in [1.54, 1.807) is 13.0 Å². The fraction of sp³-hybridized carbons (Fsp3) is 0.267. The zero-order chi connectivity index (χ0) is 15.0. The zero-order valence-corrected chi connectivity index (χ0v) is 11.4. The van der Waals surface area contributed by atoms with Crippen LogP contribution in [-0.2, 0) is 0 Å². The van der Waals surface area contributed by atoms with Gasteiger partial charge in [0.2, 0.25) is 5.88 Å². The third kappa shape index (κ3) is 2.63. The second kappa shape index (κ2) is 5.02. The largest absolute Gasteiger partial charge is 0.438 e. The standard InChI is InChI=1S/C15H13FN4O/c1-8-13(18)19-14(9-2-3-9)20-15(8)21-11-5-4-10(7-17)12(16)6-11/h4-6,9H,2-3H2,1H3,(H2,18,19,20). The smallest absolute Gasteiger partial charge is 0.227 e. The fourth-order valence-corrected chi connectivity index (χ4v) is 1.91. The van der Waals surface area contributed by atoms with Gasteiger partial charge in [0.1, 0.15) is 29.3 Å². The summed E-state index contributed by atoms with van der Waals surface area (Å²) in [7, 11) is 0. The lowest BCUT2D eigenvalue weighted by Gasteiger charge is -2.11. The molecular weight excluding hydrogens is 271 g/mol. The average Bonchev–Trinajstić information content (AvgIpc) is 3.28. The van der Waals surface area contributed by atoms with Crippen molar-refractivity contribution in [2.45, 2.75) is 25.7 Å². The minimum atomic E-state index is -0.628. The summed E-state index contributed by atoms with van der Waals surface area (Å²) in [6.45, 7) is 1.75. The van der Waals surface area contributed by atoms with Crippen molar-refractivity contribution in [3.63, 3.8) is 0 Å². The average molecular weight is 284 g/mol. The monoisotopic (exact) mass is 284 g/mol. The highest BCUT2D eigenvalue weighted by molar-refractivity contribution is 5.47. The number of halogens is 1. The van der Waals surface area contributed by atoms with Gasteiger partial charge in [0, 0.05) is 12.0 Å². The van der Waals surface area contributed by atoms with Crippen molar-refractivity contribution in [3.05, 3.63) is 41.0 Å².